The van der Waals surface area contributed by atoms with E-state index in [4.69, 9.17) is 0 Å². The summed E-state index contributed by atoms with van der Waals surface area (Å²) in [6.45, 7) is 2.65. The van der Waals surface area contributed by atoms with Crippen molar-refractivity contribution in [3.05, 3.63) is 17.0 Å². The number of carbonyl (C=O) groups excluding carboxylic acids is 1. The Kier molecular flexibility index (Phi) is 3.31. The van der Waals surface area contributed by atoms with Crippen LogP contribution in [0.5, 0.6) is 0 Å². The zero-order valence-electron chi connectivity index (χ0n) is 14.6. The number of amides is 1. The van der Waals surface area contributed by atoms with E-state index in [0.717, 1.165) is 55.1 Å². The number of nitrogens with zero attached hydrogens (tertiary/aromatic N) is 2. The fraction of sp³-hybridized carbons (Fsp3) is 0.789. The molecule has 5 heteroatoms. The predicted molar refractivity (Wildman–Crippen MR) is 91.6 cm³/mol. The van der Waals surface area contributed by atoms with Crippen molar-refractivity contribution in [1.29, 1.82) is 0 Å². The quantitative estimate of drug-likeness (QED) is 0.895. The molecule has 0 radical (unpaired) electrons. The van der Waals surface area contributed by atoms with Gasteiger partial charge in [-0.2, -0.15) is 5.10 Å². The maximum absolute atomic E-state index is 13.0. The van der Waals surface area contributed by atoms with Gasteiger partial charge < -0.3 is 10.2 Å². The Bertz CT molecular complexity index is 629. The number of H-pyrrole nitrogens is 1. The molecule has 1 aromatic rings. The maximum atomic E-state index is 13.0. The number of hydrogen-bond acceptors (Lipinski definition) is 3. The number of hydrogen-bond donors (Lipinski definition) is 2. The standard InChI is InChI=1S/C19H28N4O/c1-23(18(24)17-15-10-20-3-2-16(15)21-22-17)11-19-7-12-4-13(8-19)6-14(5-12)9-19/h12-14,20H,2-11H2,1H3,(H,21,22). The average Bonchev–Trinajstić information content (AvgIpc) is 2.96. The summed E-state index contributed by atoms with van der Waals surface area (Å²) in [5.41, 5.74) is 3.27. The minimum absolute atomic E-state index is 0.104. The van der Waals surface area contributed by atoms with Crippen molar-refractivity contribution in [3.8, 4) is 0 Å². The van der Waals surface area contributed by atoms with E-state index < -0.39 is 0 Å². The van der Waals surface area contributed by atoms with E-state index in [0.29, 0.717) is 11.1 Å². The highest BCUT2D eigenvalue weighted by molar-refractivity contribution is 5.94. The molecule has 5 aliphatic rings. The van der Waals surface area contributed by atoms with Crippen LogP contribution in [-0.2, 0) is 13.0 Å². The lowest BCUT2D eigenvalue weighted by Gasteiger charge is -2.57. The van der Waals surface area contributed by atoms with Crippen LogP contribution in [0.3, 0.4) is 0 Å². The molecule has 4 bridgehead atoms. The van der Waals surface area contributed by atoms with Gasteiger partial charge in [0, 0.05) is 44.4 Å². The molecule has 0 saturated heterocycles. The van der Waals surface area contributed by atoms with Gasteiger partial charge >= 0.3 is 0 Å². The molecular weight excluding hydrogens is 300 g/mol. The van der Waals surface area contributed by atoms with Crippen LogP contribution in [0.2, 0.25) is 0 Å². The van der Waals surface area contributed by atoms with Gasteiger partial charge in [-0.3, -0.25) is 9.89 Å². The topological polar surface area (TPSA) is 61.0 Å². The zero-order valence-corrected chi connectivity index (χ0v) is 14.6. The van der Waals surface area contributed by atoms with E-state index in [1.165, 1.54) is 38.5 Å². The summed E-state index contributed by atoms with van der Waals surface area (Å²) < 4.78 is 0. The van der Waals surface area contributed by atoms with Crippen molar-refractivity contribution in [3.63, 3.8) is 0 Å². The van der Waals surface area contributed by atoms with Gasteiger partial charge in [-0.15, -0.1) is 0 Å². The Labute approximate surface area is 143 Å². The lowest BCUT2D eigenvalue weighted by Crippen LogP contribution is -2.51. The smallest absolute Gasteiger partial charge is 0.274 e. The van der Waals surface area contributed by atoms with Crippen LogP contribution < -0.4 is 5.32 Å². The summed E-state index contributed by atoms with van der Waals surface area (Å²) in [5, 5.41) is 10.8. The van der Waals surface area contributed by atoms with Crippen molar-refractivity contribution in [1.82, 2.24) is 20.4 Å². The molecule has 2 N–H and O–H groups in total. The number of aromatic amines is 1. The van der Waals surface area contributed by atoms with Crippen LogP contribution in [0.1, 0.15) is 60.3 Å². The number of aromatic nitrogens is 2. The minimum Gasteiger partial charge on any atom is -0.340 e. The number of fused-ring (bicyclic) bond motifs is 1. The van der Waals surface area contributed by atoms with Crippen LogP contribution in [0, 0.1) is 23.2 Å². The molecule has 4 fully saturated rings. The van der Waals surface area contributed by atoms with Crippen LogP contribution in [0.25, 0.3) is 0 Å². The summed E-state index contributed by atoms with van der Waals surface area (Å²) in [7, 11) is 1.98. The molecule has 1 aliphatic heterocycles. The second-order valence-corrected chi connectivity index (χ2v) is 9.03. The predicted octanol–water partition coefficient (Wildman–Crippen LogP) is 2.34. The summed E-state index contributed by atoms with van der Waals surface area (Å²) >= 11 is 0. The molecular formula is C19H28N4O. The van der Waals surface area contributed by atoms with Crippen LogP contribution >= 0.6 is 0 Å². The lowest BCUT2D eigenvalue weighted by atomic mass is 9.49. The number of carbonyl (C=O) groups is 1. The van der Waals surface area contributed by atoms with E-state index >= 15 is 0 Å². The monoisotopic (exact) mass is 328 g/mol. The molecule has 4 aliphatic carbocycles. The molecule has 1 aromatic heterocycles. The molecule has 6 rings (SSSR count). The van der Waals surface area contributed by atoms with Gasteiger partial charge in [0.15, 0.2) is 5.69 Å². The van der Waals surface area contributed by atoms with Crippen molar-refractivity contribution in [2.45, 2.75) is 51.5 Å². The fourth-order valence-corrected chi connectivity index (χ4v) is 6.64. The normalized spacial score (nSPS) is 36.6. The average molecular weight is 328 g/mol. The summed E-state index contributed by atoms with van der Waals surface area (Å²) in [5.74, 6) is 2.90. The van der Waals surface area contributed by atoms with Gasteiger partial charge in [-0.25, -0.2) is 0 Å². The largest absolute Gasteiger partial charge is 0.340 e. The Hall–Kier alpha value is -1.36. The number of rotatable bonds is 3. The SMILES string of the molecule is CN(CC12CC3CC(CC(C3)C1)C2)C(=O)c1n[nH]c2c1CNCC2. The van der Waals surface area contributed by atoms with Gasteiger partial charge in [0.2, 0.25) is 0 Å². The number of nitrogens with one attached hydrogen (secondary N) is 2. The highest BCUT2D eigenvalue weighted by Gasteiger charge is 2.51. The molecule has 24 heavy (non-hydrogen) atoms. The molecule has 0 aromatic carbocycles. The third-order valence-electron chi connectivity index (χ3n) is 7.09. The fourth-order valence-electron chi connectivity index (χ4n) is 6.64. The van der Waals surface area contributed by atoms with Gasteiger partial charge in [0.25, 0.3) is 5.91 Å². The summed E-state index contributed by atoms with van der Waals surface area (Å²) in [4.78, 5) is 15.0. The van der Waals surface area contributed by atoms with E-state index in [1.54, 1.807) is 0 Å². The second kappa shape index (κ2) is 5.32. The Morgan fingerprint density at radius 3 is 2.54 bits per heavy atom. The second-order valence-electron chi connectivity index (χ2n) is 9.03. The van der Waals surface area contributed by atoms with E-state index in [1.807, 2.05) is 11.9 Å². The summed E-state index contributed by atoms with van der Waals surface area (Å²) in [6, 6.07) is 0. The molecule has 2 heterocycles. The minimum atomic E-state index is 0.104. The lowest BCUT2D eigenvalue weighted by molar-refractivity contribution is -0.0629. The Morgan fingerprint density at radius 1 is 1.21 bits per heavy atom. The van der Waals surface area contributed by atoms with Crippen LogP contribution in [-0.4, -0.2) is 41.1 Å². The molecule has 4 saturated carbocycles. The molecule has 0 unspecified atom stereocenters. The molecule has 5 nitrogen and oxygen atoms in total. The van der Waals surface area contributed by atoms with E-state index in [9.17, 15) is 4.79 Å². The molecule has 1 amide bonds. The van der Waals surface area contributed by atoms with Crippen molar-refractivity contribution in [2.75, 3.05) is 20.1 Å². The Balaban J connectivity index is 1.34. The first kappa shape index (κ1) is 14.9. The van der Waals surface area contributed by atoms with Crippen molar-refractivity contribution < 1.29 is 4.79 Å². The first-order valence-corrected chi connectivity index (χ1v) is 9.64. The first-order valence-electron chi connectivity index (χ1n) is 9.64. The van der Waals surface area contributed by atoms with Crippen molar-refractivity contribution >= 4 is 5.91 Å². The van der Waals surface area contributed by atoms with Crippen LogP contribution in [0.4, 0.5) is 0 Å². The summed E-state index contributed by atoms with van der Waals surface area (Å²) in [6.07, 6.45) is 9.33. The third kappa shape index (κ3) is 2.32. The van der Waals surface area contributed by atoms with E-state index in [-0.39, 0.29) is 5.91 Å². The van der Waals surface area contributed by atoms with Crippen molar-refractivity contribution in [2.24, 2.45) is 23.2 Å². The third-order valence-corrected chi connectivity index (χ3v) is 7.09. The maximum Gasteiger partial charge on any atom is 0.274 e. The van der Waals surface area contributed by atoms with Gasteiger partial charge in [0.1, 0.15) is 0 Å². The zero-order chi connectivity index (χ0) is 16.3. The van der Waals surface area contributed by atoms with Crippen LogP contribution in [0.15, 0.2) is 0 Å². The van der Waals surface area contributed by atoms with Gasteiger partial charge in [0.05, 0.1) is 0 Å². The highest BCUT2D eigenvalue weighted by Crippen LogP contribution is 2.60. The molecule has 0 atom stereocenters. The van der Waals surface area contributed by atoms with E-state index in [2.05, 4.69) is 15.5 Å². The molecule has 130 valence electrons. The van der Waals surface area contributed by atoms with Gasteiger partial charge in [-0.05, 0) is 61.7 Å². The Morgan fingerprint density at radius 2 is 1.88 bits per heavy atom. The first-order chi connectivity index (χ1) is 11.6. The van der Waals surface area contributed by atoms with Gasteiger partial charge in [-0.1, -0.05) is 0 Å². The highest BCUT2D eigenvalue weighted by atomic mass is 16.2. The molecule has 0 spiro atoms.